The largest absolute Gasteiger partial charge is 0.371 e. The molecule has 0 atom stereocenters. The molecule has 2 aliphatic rings. The highest BCUT2D eigenvalue weighted by Gasteiger charge is 2.30. The molecule has 168 valence electrons. The molecule has 1 fully saturated rings. The Labute approximate surface area is 199 Å². The molecule has 5 rings (SSSR count). The van der Waals surface area contributed by atoms with E-state index in [2.05, 4.69) is 4.90 Å². The second kappa shape index (κ2) is 9.28. The minimum atomic E-state index is -0.254. The lowest BCUT2D eigenvalue weighted by molar-refractivity contribution is -0.130. The fraction of sp³-hybridized carbons (Fsp3) is 0.259. The Morgan fingerprint density at radius 1 is 0.879 bits per heavy atom. The van der Waals surface area contributed by atoms with Gasteiger partial charge in [0, 0.05) is 37.6 Å². The van der Waals surface area contributed by atoms with Crippen LogP contribution in [0.3, 0.4) is 0 Å². The summed E-state index contributed by atoms with van der Waals surface area (Å²) in [7, 11) is 0. The number of hydrogen-bond donors (Lipinski definition) is 0. The molecule has 0 aromatic heterocycles. The van der Waals surface area contributed by atoms with Crippen molar-refractivity contribution in [1.82, 2.24) is 4.90 Å². The monoisotopic (exact) mass is 459 g/mol. The van der Waals surface area contributed by atoms with E-state index in [0.717, 1.165) is 35.6 Å². The van der Waals surface area contributed by atoms with Crippen LogP contribution in [0.1, 0.15) is 34.3 Å². The zero-order valence-electron chi connectivity index (χ0n) is 18.4. The van der Waals surface area contributed by atoms with Gasteiger partial charge in [-0.15, -0.1) is 0 Å². The Kier molecular flexibility index (Phi) is 6.05. The van der Waals surface area contributed by atoms with Crippen LogP contribution in [-0.4, -0.2) is 36.3 Å². The molecule has 2 aliphatic heterocycles. The van der Waals surface area contributed by atoms with Gasteiger partial charge in [-0.1, -0.05) is 60.1 Å². The van der Waals surface area contributed by atoms with Gasteiger partial charge in [0.25, 0.3) is 5.91 Å². The van der Waals surface area contributed by atoms with Gasteiger partial charge in [0.2, 0.25) is 5.91 Å². The Morgan fingerprint density at radius 3 is 2.36 bits per heavy atom. The van der Waals surface area contributed by atoms with Crippen molar-refractivity contribution < 1.29 is 9.59 Å². The van der Waals surface area contributed by atoms with Crippen molar-refractivity contribution >= 4 is 34.8 Å². The van der Waals surface area contributed by atoms with E-state index in [1.165, 1.54) is 12.8 Å². The average molecular weight is 460 g/mol. The van der Waals surface area contributed by atoms with Crippen LogP contribution in [0.4, 0.5) is 11.4 Å². The topological polar surface area (TPSA) is 43.9 Å². The summed E-state index contributed by atoms with van der Waals surface area (Å²) in [5.74, 6) is -0.344. The van der Waals surface area contributed by atoms with E-state index in [1.807, 2.05) is 66.7 Å². The quantitative estimate of drug-likeness (QED) is 0.543. The van der Waals surface area contributed by atoms with Crippen LogP contribution in [0.5, 0.6) is 0 Å². The van der Waals surface area contributed by atoms with Gasteiger partial charge in [-0.3, -0.25) is 14.5 Å². The molecule has 0 radical (unpaired) electrons. The summed E-state index contributed by atoms with van der Waals surface area (Å²) in [6, 6.07) is 23.2. The van der Waals surface area contributed by atoms with Gasteiger partial charge in [-0.25, -0.2) is 0 Å². The molecule has 1 saturated heterocycles. The molecule has 0 unspecified atom stereocenters. The van der Waals surface area contributed by atoms with E-state index in [0.29, 0.717) is 23.7 Å². The van der Waals surface area contributed by atoms with Gasteiger partial charge >= 0.3 is 0 Å². The molecule has 2 heterocycles. The number of nitrogens with zero attached hydrogens (tertiary/aromatic N) is 3. The molecule has 6 heteroatoms. The van der Waals surface area contributed by atoms with Crippen LogP contribution in [0.25, 0.3) is 0 Å². The fourth-order valence-electron chi connectivity index (χ4n) is 4.65. The number of halogens is 1. The molecule has 0 saturated carbocycles. The Balaban J connectivity index is 1.44. The number of rotatable bonds is 4. The van der Waals surface area contributed by atoms with Crippen molar-refractivity contribution in [3.8, 4) is 0 Å². The number of para-hydroxylation sites is 1. The highest BCUT2D eigenvalue weighted by Crippen LogP contribution is 2.31. The van der Waals surface area contributed by atoms with Crippen molar-refractivity contribution in [2.24, 2.45) is 0 Å². The average Bonchev–Trinajstić information content (AvgIpc) is 3.33. The molecule has 0 bridgehead atoms. The maximum absolute atomic E-state index is 13.6. The highest BCUT2D eigenvalue weighted by atomic mass is 35.5. The maximum atomic E-state index is 13.6. The molecule has 0 aliphatic carbocycles. The lowest BCUT2D eigenvalue weighted by Crippen LogP contribution is -2.40. The first kappa shape index (κ1) is 21.5. The third-order valence-corrected chi connectivity index (χ3v) is 6.72. The summed E-state index contributed by atoms with van der Waals surface area (Å²) in [4.78, 5) is 32.5. The Hall–Kier alpha value is -3.31. The normalized spacial score (nSPS) is 16.0. The zero-order valence-corrected chi connectivity index (χ0v) is 19.2. The summed E-state index contributed by atoms with van der Waals surface area (Å²) in [5, 5.41) is 0.416. The summed E-state index contributed by atoms with van der Waals surface area (Å²) in [6.07, 6.45) is 2.34. The summed E-state index contributed by atoms with van der Waals surface area (Å²) in [6.45, 7) is 2.95. The molecule has 5 nitrogen and oxygen atoms in total. The molecule has 2 amide bonds. The number of fused-ring (bicyclic) bond motifs is 1. The molecule has 0 N–H and O–H groups in total. The van der Waals surface area contributed by atoms with Crippen molar-refractivity contribution in [3.63, 3.8) is 0 Å². The zero-order chi connectivity index (χ0) is 22.8. The van der Waals surface area contributed by atoms with Gasteiger partial charge < -0.3 is 9.80 Å². The van der Waals surface area contributed by atoms with E-state index in [4.69, 9.17) is 11.6 Å². The number of amides is 2. The Morgan fingerprint density at radius 2 is 1.61 bits per heavy atom. The third-order valence-electron chi connectivity index (χ3n) is 6.41. The van der Waals surface area contributed by atoms with Crippen LogP contribution in [0.15, 0.2) is 72.8 Å². The number of carbonyl (C=O) groups is 2. The van der Waals surface area contributed by atoms with Gasteiger partial charge in [0.1, 0.15) is 6.54 Å². The van der Waals surface area contributed by atoms with Gasteiger partial charge in [-0.2, -0.15) is 0 Å². The summed E-state index contributed by atoms with van der Waals surface area (Å²) >= 11 is 6.59. The lowest BCUT2D eigenvalue weighted by Gasteiger charge is -2.24. The third kappa shape index (κ3) is 4.46. The Bertz CT molecular complexity index is 1170. The number of anilines is 2. The van der Waals surface area contributed by atoms with E-state index < -0.39 is 0 Å². The first-order chi connectivity index (χ1) is 16.1. The predicted molar refractivity (Wildman–Crippen MR) is 132 cm³/mol. The van der Waals surface area contributed by atoms with Gasteiger partial charge in [0.15, 0.2) is 0 Å². The predicted octanol–water partition coefficient (Wildman–Crippen LogP) is 5.13. The van der Waals surface area contributed by atoms with E-state index in [1.54, 1.807) is 15.9 Å². The van der Waals surface area contributed by atoms with Gasteiger partial charge in [-0.05, 0) is 48.2 Å². The SMILES string of the molecule is O=C1CN(C(=O)c2ccc(N3CCCC3)cc2Cl)c2ccccc2CN1Cc1ccccc1. The van der Waals surface area contributed by atoms with Crippen molar-refractivity contribution in [2.45, 2.75) is 25.9 Å². The molecule has 3 aromatic carbocycles. The summed E-state index contributed by atoms with van der Waals surface area (Å²) in [5.41, 5.74) is 4.21. The highest BCUT2D eigenvalue weighted by molar-refractivity contribution is 6.35. The second-order valence-corrected chi connectivity index (χ2v) is 9.02. The van der Waals surface area contributed by atoms with Crippen LogP contribution < -0.4 is 9.80 Å². The van der Waals surface area contributed by atoms with E-state index >= 15 is 0 Å². The smallest absolute Gasteiger partial charge is 0.260 e. The van der Waals surface area contributed by atoms with Crippen molar-refractivity contribution in [2.75, 3.05) is 29.4 Å². The first-order valence-electron chi connectivity index (χ1n) is 11.4. The molecule has 3 aromatic rings. The number of carbonyl (C=O) groups excluding carboxylic acids is 2. The maximum Gasteiger partial charge on any atom is 0.260 e. The second-order valence-electron chi connectivity index (χ2n) is 8.61. The number of benzene rings is 3. The lowest BCUT2D eigenvalue weighted by atomic mass is 10.1. The molecule has 33 heavy (non-hydrogen) atoms. The fourth-order valence-corrected chi connectivity index (χ4v) is 4.90. The molecular weight excluding hydrogens is 434 g/mol. The molecule has 0 spiro atoms. The van der Waals surface area contributed by atoms with Crippen LogP contribution in [0, 0.1) is 0 Å². The van der Waals surface area contributed by atoms with Crippen LogP contribution >= 0.6 is 11.6 Å². The van der Waals surface area contributed by atoms with Gasteiger partial charge in [0.05, 0.1) is 10.6 Å². The van der Waals surface area contributed by atoms with E-state index in [-0.39, 0.29) is 18.4 Å². The van der Waals surface area contributed by atoms with Crippen molar-refractivity contribution in [1.29, 1.82) is 0 Å². The summed E-state index contributed by atoms with van der Waals surface area (Å²) < 4.78 is 0. The van der Waals surface area contributed by atoms with E-state index in [9.17, 15) is 9.59 Å². The molecular formula is C27H26ClN3O2. The minimum absolute atomic E-state index is 0.0209. The van der Waals surface area contributed by atoms with Crippen LogP contribution in [-0.2, 0) is 17.9 Å². The standard InChI is InChI=1S/C27H26ClN3O2/c28-24-16-22(29-14-6-7-15-29)12-13-23(24)27(33)31-19-26(32)30(17-20-8-2-1-3-9-20)18-21-10-4-5-11-25(21)31/h1-5,8-13,16H,6-7,14-15,17-19H2. The van der Waals surface area contributed by atoms with Crippen LogP contribution in [0.2, 0.25) is 5.02 Å². The minimum Gasteiger partial charge on any atom is -0.371 e. The first-order valence-corrected chi connectivity index (χ1v) is 11.7. The van der Waals surface area contributed by atoms with Crippen molar-refractivity contribution in [3.05, 3.63) is 94.5 Å². The number of hydrogen-bond acceptors (Lipinski definition) is 3.